The molecule has 1 atom stereocenters. The van der Waals surface area contributed by atoms with Crippen molar-refractivity contribution in [1.82, 2.24) is 0 Å². The second kappa shape index (κ2) is 8.05. The second-order valence-corrected chi connectivity index (χ2v) is 4.86. The third-order valence-electron chi connectivity index (χ3n) is 3.21. The zero-order valence-corrected chi connectivity index (χ0v) is 11.1. The Morgan fingerprint density at radius 1 is 1.12 bits per heavy atom. The Bertz CT molecular complexity index is 316. The van der Waals surface area contributed by atoms with Crippen LogP contribution in [-0.2, 0) is 4.79 Å². The van der Waals surface area contributed by atoms with Crippen LogP contribution in [0.15, 0.2) is 30.3 Å². The maximum Gasteiger partial charge on any atom is 0.130 e. The molecule has 0 aromatic heterocycles. The van der Waals surface area contributed by atoms with E-state index in [4.69, 9.17) is 0 Å². The normalized spacial score (nSPS) is 12.4. The van der Waals surface area contributed by atoms with Crippen LogP contribution in [0, 0.1) is 0 Å². The average Bonchev–Trinajstić information content (AvgIpc) is 2.34. The van der Waals surface area contributed by atoms with Gasteiger partial charge in [0.15, 0.2) is 0 Å². The van der Waals surface area contributed by atoms with Crippen molar-refractivity contribution < 1.29 is 4.79 Å². The Morgan fingerprint density at radius 3 is 2.41 bits per heavy atom. The van der Waals surface area contributed by atoms with E-state index < -0.39 is 0 Å². The Labute approximate surface area is 105 Å². The van der Waals surface area contributed by atoms with Crippen LogP contribution in [0.4, 0.5) is 0 Å². The fraction of sp³-hybridized carbons (Fsp3) is 0.562. The van der Waals surface area contributed by atoms with Crippen molar-refractivity contribution in [2.24, 2.45) is 0 Å². The number of rotatable bonds is 8. The number of Topliss-reactive ketones (excluding diaryl/α,β-unsaturated/α-hetero) is 1. The zero-order chi connectivity index (χ0) is 12.5. The number of hydrogen-bond donors (Lipinski definition) is 0. The number of carbonyl (C=O) groups is 1. The molecule has 0 heterocycles. The molecule has 1 heteroatoms. The van der Waals surface area contributed by atoms with Crippen LogP contribution in [0.1, 0.15) is 63.9 Å². The van der Waals surface area contributed by atoms with Crippen LogP contribution < -0.4 is 0 Å². The van der Waals surface area contributed by atoms with E-state index in [1.165, 1.54) is 31.2 Å². The average molecular weight is 232 g/mol. The quantitative estimate of drug-likeness (QED) is 0.593. The molecule has 0 amide bonds. The summed E-state index contributed by atoms with van der Waals surface area (Å²) in [6.07, 6.45) is 6.93. The summed E-state index contributed by atoms with van der Waals surface area (Å²) in [5.41, 5.74) is 1.32. The molecular formula is C16H24O. The summed E-state index contributed by atoms with van der Waals surface area (Å²) in [7, 11) is 0. The smallest absolute Gasteiger partial charge is 0.130 e. The summed E-state index contributed by atoms with van der Waals surface area (Å²) in [6.45, 7) is 3.92. The number of carbonyl (C=O) groups excluding carboxylic acids is 1. The Kier molecular flexibility index (Phi) is 6.61. The van der Waals surface area contributed by atoms with Crippen molar-refractivity contribution in [3.8, 4) is 0 Å². The summed E-state index contributed by atoms with van der Waals surface area (Å²) in [5.74, 6) is 0.722. The minimum absolute atomic E-state index is 0.300. The molecule has 17 heavy (non-hydrogen) atoms. The lowest BCUT2D eigenvalue weighted by atomic mass is 9.89. The van der Waals surface area contributed by atoms with Gasteiger partial charge in [0, 0.05) is 6.42 Å². The lowest BCUT2D eigenvalue weighted by Gasteiger charge is -2.15. The number of unbranched alkanes of at least 4 members (excludes halogenated alkanes) is 3. The van der Waals surface area contributed by atoms with Gasteiger partial charge in [-0.25, -0.2) is 0 Å². The third kappa shape index (κ3) is 5.67. The first-order chi connectivity index (χ1) is 8.24. The van der Waals surface area contributed by atoms with Gasteiger partial charge in [-0.2, -0.15) is 0 Å². The topological polar surface area (TPSA) is 17.1 Å². The highest BCUT2D eigenvalue weighted by Crippen LogP contribution is 2.26. The van der Waals surface area contributed by atoms with E-state index in [0.717, 1.165) is 6.42 Å². The molecule has 1 aromatic rings. The molecule has 0 bridgehead atoms. The van der Waals surface area contributed by atoms with Crippen LogP contribution >= 0.6 is 0 Å². The largest absolute Gasteiger partial charge is 0.300 e. The molecule has 1 aromatic carbocycles. The molecule has 0 aliphatic heterocycles. The maximum absolute atomic E-state index is 11.3. The molecule has 0 saturated carbocycles. The predicted molar refractivity (Wildman–Crippen MR) is 73.2 cm³/mol. The summed E-state index contributed by atoms with van der Waals surface area (Å²) in [5, 5.41) is 0. The molecule has 94 valence electrons. The van der Waals surface area contributed by atoms with Crippen LogP contribution in [0.3, 0.4) is 0 Å². The standard InChI is InChI=1S/C16H24O/c1-3-4-5-7-12-16(13-14(2)17)15-10-8-6-9-11-15/h6,8-11,16H,3-5,7,12-13H2,1-2H3/t16-/m1/s1. The van der Waals surface area contributed by atoms with E-state index in [-0.39, 0.29) is 0 Å². The Hall–Kier alpha value is -1.11. The summed E-state index contributed by atoms with van der Waals surface area (Å²) in [6, 6.07) is 10.5. The summed E-state index contributed by atoms with van der Waals surface area (Å²) in [4.78, 5) is 11.3. The lowest BCUT2D eigenvalue weighted by molar-refractivity contribution is -0.117. The number of ketones is 1. The van der Waals surface area contributed by atoms with Crippen LogP contribution in [0.5, 0.6) is 0 Å². The minimum Gasteiger partial charge on any atom is -0.300 e. The van der Waals surface area contributed by atoms with Crippen LogP contribution in [-0.4, -0.2) is 5.78 Å². The van der Waals surface area contributed by atoms with Gasteiger partial charge < -0.3 is 4.79 Å². The molecule has 0 aliphatic carbocycles. The molecule has 0 fully saturated rings. The van der Waals surface area contributed by atoms with Crippen molar-refractivity contribution in [2.45, 2.75) is 58.3 Å². The van der Waals surface area contributed by atoms with E-state index in [9.17, 15) is 4.79 Å². The van der Waals surface area contributed by atoms with Gasteiger partial charge in [0.1, 0.15) is 5.78 Å². The van der Waals surface area contributed by atoms with Crippen molar-refractivity contribution in [1.29, 1.82) is 0 Å². The number of hydrogen-bond acceptors (Lipinski definition) is 1. The highest BCUT2D eigenvalue weighted by Gasteiger charge is 2.12. The Balaban J connectivity index is 2.52. The van der Waals surface area contributed by atoms with Crippen molar-refractivity contribution >= 4 is 5.78 Å². The summed E-state index contributed by atoms with van der Waals surface area (Å²) >= 11 is 0. The first-order valence-corrected chi connectivity index (χ1v) is 6.78. The maximum atomic E-state index is 11.3. The van der Waals surface area contributed by atoms with Crippen molar-refractivity contribution in [3.05, 3.63) is 35.9 Å². The number of benzene rings is 1. The second-order valence-electron chi connectivity index (χ2n) is 4.86. The fourth-order valence-corrected chi connectivity index (χ4v) is 2.28. The minimum atomic E-state index is 0.300. The molecule has 1 rings (SSSR count). The van der Waals surface area contributed by atoms with Gasteiger partial charge in [-0.05, 0) is 24.8 Å². The van der Waals surface area contributed by atoms with E-state index in [0.29, 0.717) is 18.1 Å². The van der Waals surface area contributed by atoms with E-state index in [1.54, 1.807) is 6.92 Å². The first kappa shape index (κ1) is 14.0. The molecule has 0 aliphatic rings. The van der Waals surface area contributed by atoms with Crippen molar-refractivity contribution in [3.63, 3.8) is 0 Å². The first-order valence-electron chi connectivity index (χ1n) is 6.78. The van der Waals surface area contributed by atoms with Gasteiger partial charge in [0.25, 0.3) is 0 Å². The lowest BCUT2D eigenvalue weighted by Crippen LogP contribution is -2.04. The molecule has 0 unspecified atom stereocenters. The van der Waals surface area contributed by atoms with Gasteiger partial charge in [0.05, 0.1) is 0 Å². The monoisotopic (exact) mass is 232 g/mol. The summed E-state index contributed by atoms with van der Waals surface area (Å²) < 4.78 is 0. The third-order valence-corrected chi connectivity index (χ3v) is 3.21. The van der Waals surface area contributed by atoms with Gasteiger partial charge >= 0.3 is 0 Å². The van der Waals surface area contributed by atoms with Gasteiger partial charge in [-0.1, -0.05) is 62.9 Å². The van der Waals surface area contributed by atoms with E-state index in [2.05, 4.69) is 31.2 Å². The molecule has 0 saturated heterocycles. The molecule has 0 spiro atoms. The molecule has 1 nitrogen and oxygen atoms in total. The van der Waals surface area contributed by atoms with Crippen LogP contribution in [0.2, 0.25) is 0 Å². The van der Waals surface area contributed by atoms with E-state index in [1.807, 2.05) is 6.07 Å². The Morgan fingerprint density at radius 2 is 1.82 bits per heavy atom. The molecular weight excluding hydrogens is 208 g/mol. The van der Waals surface area contributed by atoms with Gasteiger partial charge in [0.2, 0.25) is 0 Å². The van der Waals surface area contributed by atoms with Crippen molar-refractivity contribution in [2.75, 3.05) is 0 Å². The predicted octanol–water partition coefficient (Wildman–Crippen LogP) is 4.72. The SMILES string of the molecule is CCCCCC[C@H](CC(C)=O)c1ccccc1. The highest BCUT2D eigenvalue weighted by molar-refractivity contribution is 5.76. The fourth-order valence-electron chi connectivity index (χ4n) is 2.28. The van der Waals surface area contributed by atoms with E-state index >= 15 is 0 Å². The zero-order valence-electron chi connectivity index (χ0n) is 11.1. The van der Waals surface area contributed by atoms with Gasteiger partial charge in [-0.15, -0.1) is 0 Å². The van der Waals surface area contributed by atoms with Crippen LogP contribution in [0.25, 0.3) is 0 Å². The molecule has 0 radical (unpaired) electrons. The highest BCUT2D eigenvalue weighted by atomic mass is 16.1. The molecule has 0 N–H and O–H groups in total. The van der Waals surface area contributed by atoms with Gasteiger partial charge in [-0.3, -0.25) is 0 Å².